The Morgan fingerprint density at radius 1 is 1.35 bits per heavy atom. The number of hydrogen-bond donors (Lipinski definition) is 2. The van der Waals surface area contributed by atoms with E-state index in [4.69, 9.17) is 5.73 Å². The molecule has 0 bridgehead atoms. The molecule has 1 aliphatic carbocycles. The lowest BCUT2D eigenvalue weighted by Crippen LogP contribution is -2.33. The van der Waals surface area contributed by atoms with Crippen molar-refractivity contribution in [3.8, 4) is 0 Å². The molecule has 0 amide bonds. The molecule has 1 aromatic rings. The van der Waals surface area contributed by atoms with Crippen LogP contribution in [-0.2, 0) is 6.54 Å². The van der Waals surface area contributed by atoms with Crippen molar-refractivity contribution in [3.63, 3.8) is 0 Å². The Bertz CT molecular complexity index is 406. The number of nitrogens with two attached hydrogens (primary N) is 1. The van der Waals surface area contributed by atoms with Gasteiger partial charge in [0.1, 0.15) is 5.01 Å². The summed E-state index contributed by atoms with van der Waals surface area (Å²) in [6, 6.07) is 0.0517. The summed E-state index contributed by atoms with van der Waals surface area (Å²) in [4.78, 5) is 4.59. The van der Waals surface area contributed by atoms with Crippen LogP contribution < -0.4 is 11.1 Å². The van der Waals surface area contributed by atoms with E-state index in [0.29, 0.717) is 5.41 Å². The highest BCUT2D eigenvalue weighted by Crippen LogP contribution is 2.42. The Morgan fingerprint density at radius 2 is 2.05 bits per heavy atom. The van der Waals surface area contributed by atoms with Gasteiger partial charge < -0.3 is 11.1 Å². The number of hydrogen-bond acceptors (Lipinski definition) is 4. The van der Waals surface area contributed by atoms with Crippen LogP contribution in [-0.4, -0.2) is 11.5 Å². The van der Waals surface area contributed by atoms with E-state index >= 15 is 0 Å². The molecular formula is C16H29N3S. The van der Waals surface area contributed by atoms with Crippen LogP contribution in [0.15, 0.2) is 5.38 Å². The minimum atomic E-state index is 0.0517. The lowest BCUT2D eigenvalue weighted by molar-refractivity contribution is 0.223. The molecule has 1 fully saturated rings. The first-order chi connectivity index (χ1) is 9.51. The highest BCUT2D eigenvalue weighted by atomic mass is 32.1. The monoisotopic (exact) mass is 295 g/mol. The minimum Gasteiger partial charge on any atom is -0.322 e. The third-order valence-electron chi connectivity index (χ3n) is 4.27. The van der Waals surface area contributed by atoms with Crippen molar-refractivity contribution in [2.24, 2.45) is 17.1 Å². The third-order valence-corrected chi connectivity index (χ3v) is 5.37. The van der Waals surface area contributed by atoms with Gasteiger partial charge >= 0.3 is 0 Å². The summed E-state index contributed by atoms with van der Waals surface area (Å²) in [6.07, 6.45) is 6.93. The van der Waals surface area contributed by atoms with Gasteiger partial charge in [0.25, 0.3) is 0 Å². The molecule has 3 N–H and O–H groups in total. The highest BCUT2D eigenvalue weighted by molar-refractivity contribution is 7.09. The van der Waals surface area contributed by atoms with Crippen molar-refractivity contribution in [1.82, 2.24) is 10.3 Å². The smallest absolute Gasteiger partial charge is 0.109 e. The third kappa shape index (κ3) is 4.27. The summed E-state index contributed by atoms with van der Waals surface area (Å²) in [5, 5.41) is 6.82. The first-order valence-corrected chi connectivity index (χ1v) is 8.79. The van der Waals surface area contributed by atoms with Crippen molar-refractivity contribution in [2.75, 3.05) is 6.54 Å². The van der Waals surface area contributed by atoms with Crippen LogP contribution in [0.25, 0.3) is 0 Å². The number of thiazole rings is 1. The van der Waals surface area contributed by atoms with Gasteiger partial charge in [-0.3, -0.25) is 0 Å². The van der Waals surface area contributed by atoms with Gasteiger partial charge in [0.05, 0.1) is 11.7 Å². The zero-order chi connectivity index (χ0) is 14.6. The van der Waals surface area contributed by atoms with Crippen LogP contribution in [0.5, 0.6) is 0 Å². The molecule has 0 aliphatic heterocycles. The predicted molar refractivity (Wildman–Crippen MR) is 86.8 cm³/mol. The maximum absolute atomic E-state index is 5.86. The molecule has 1 aliphatic rings. The molecule has 1 aromatic heterocycles. The van der Waals surface area contributed by atoms with Gasteiger partial charge in [0.15, 0.2) is 0 Å². The number of rotatable bonds is 7. The van der Waals surface area contributed by atoms with E-state index in [1.54, 1.807) is 11.3 Å². The largest absolute Gasteiger partial charge is 0.322 e. The van der Waals surface area contributed by atoms with Crippen LogP contribution in [0.2, 0.25) is 0 Å². The van der Waals surface area contributed by atoms with Crippen molar-refractivity contribution >= 4 is 11.3 Å². The molecule has 3 nitrogen and oxygen atoms in total. The van der Waals surface area contributed by atoms with Gasteiger partial charge in [-0.05, 0) is 37.5 Å². The predicted octanol–water partition coefficient (Wildman–Crippen LogP) is 3.86. The average Bonchev–Trinajstić information content (AvgIpc) is 2.98. The average molecular weight is 295 g/mol. The summed E-state index contributed by atoms with van der Waals surface area (Å²) in [7, 11) is 0. The first-order valence-electron chi connectivity index (χ1n) is 7.91. The summed E-state index contributed by atoms with van der Waals surface area (Å²) >= 11 is 1.67. The SMILES string of the molecule is CC(C)CC1(CNCc2csc(C(C)N)n2)CCCC1. The lowest BCUT2D eigenvalue weighted by Gasteiger charge is -2.31. The maximum atomic E-state index is 5.86. The standard InChI is InChI=1S/C16H29N3S/c1-12(2)8-16(6-4-5-7-16)11-18-9-14-10-20-15(19-14)13(3)17/h10,12-13,18H,4-9,11,17H2,1-3H3. The summed E-state index contributed by atoms with van der Waals surface area (Å²) < 4.78 is 0. The molecule has 0 saturated heterocycles. The summed E-state index contributed by atoms with van der Waals surface area (Å²) in [5.74, 6) is 0.791. The van der Waals surface area contributed by atoms with Gasteiger partial charge in [-0.15, -0.1) is 11.3 Å². The fourth-order valence-electron chi connectivity index (χ4n) is 3.51. The zero-order valence-electron chi connectivity index (χ0n) is 13.1. The molecule has 114 valence electrons. The van der Waals surface area contributed by atoms with E-state index < -0.39 is 0 Å². The molecular weight excluding hydrogens is 266 g/mol. The van der Waals surface area contributed by atoms with Gasteiger partial charge in [0, 0.05) is 18.5 Å². The molecule has 2 rings (SSSR count). The van der Waals surface area contributed by atoms with Gasteiger partial charge in [0.2, 0.25) is 0 Å². The van der Waals surface area contributed by atoms with Gasteiger partial charge in [-0.2, -0.15) is 0 Å². The molecule has 1 saturated carbocycles. The summed E-state index contributed by atoms with van der Waals surface area (Å²) in [5.41, 5.74) is 7.53. The van der Waals surface area contributed by atoms with Crippen molar-refractivity contribution in [1.29, 1.82) is 0 Å². The number of nitrogens with zero attached hydrogens (tertiary/aromatic N) is 1. The number of nitrogens with one attached hydrogen (secondary N) is 1. The van der Waals surface area contributed by atoms with Crippen LogP contribution in [0.3, 0.4) is 0 Å². The van der Waals surface area contributed by atoms with E-state index in [9.17, 15) is 0 Å². The molecule has 1 atom stereocenters. The lowest BCUT2D eigenvalue weighted by atomic mass is 9.78. The second-order valence-corrected chi connectivity index (χ2v) is 7.76. The van der Waals surface area contributed by atoms with Crippen LogP contribution >= 0.6 is 11.3 Å². The molecule has 20 heavy (non-hydrogen) atoms. The normalized spacial score (nSPS) is 19.6. The Balaban J connectivity index is 1.83. The van der Waals surface area contributed by atoms with Gasteiger partial charge in [-0.1, -0.05) is 26.7 Å². The van der Waals surface area contributed by atoms with Crippen molar-refractivity contribution in [3.05, 3.63) is 16.1 Å². The van der Waals surface area contributed by atoms with E-state index in [0.717, 1.165) is 29.7 Å². The molecule has 1 unspecified atom stereocenters. The molecule has 0 spiro atoms. The second-order valence-electron chi connectivity index (χ2n) is 6.87. The van der Waals surface area contributed by atoms with Crippen molar-refractivity contribution < 1.29 is 0 Å². The summed E-state index contributed by atoms with van der Waals surface area (Å²) in [6.45, 7) is 8.69. The quantitative estimate of drug-likeness (QED) is 0.803. The molecule has 1 heterocycles. The van der Waals surface area contributed by atoms with Crippen LogP contribution in [0.1, 0.15) is 69.6 Å². The fraction of sp³-hybridized carbons (Fsp3) is 0.812. The van der Waals surface area contributed by atoms with Crippen molar-refractivity contribution in [2.45, 2.75) is 65.5 Å². The number of aromatic nitrogens is 1. The molecule has 0 aromatic carbocycles. The maximum Gasteiger partial charge on any atom is 0.109 e. The van der Waals surface area contributed by atoms with E-state index in [1.165, 1.54) is 32.1 Å². The van der Waals surface area contributed by atoms with E-state index in [1.807, 2.05) is 6.92 Å². The van der Waals surface area contributed by atoms with E-state index in [2.05, 4.69) is 29.5 Å². The second kappa shape index (κ2) is 7.01. The minimum absolute atomic E-state index is 0.0517. The topological polar surface area (TPSA) is 50.9 Å². The Hall–Kier alpha value is -0.450. The highest BCUT2D eigenvalue weighted by Gasteiger charge is 2.33. The fourth-order valence-corrected chi connectivity index (χ4v) is 4.29. The van der Waals surface area contributed by atoms with Gasteiger partial charge in [-0.25, -0.2) is 4.98 Å². The molecule has 4 heteroatoms. The Morgan fingerprint density at radius 3 is 2.60 bits per heavy atom. The van der Waals surface area contributed by atoms with Crippen LogP contribution in [0, 0.1) is 11.3 Å². The van der Waals surface area contributed by atoms with E-state index in [-0.39, 0.29) is 6.04 Å². The Labute approximate surface area is 127 Å². The molecule has 0 radical (unpaired) electrons. The van der Waals surface area contributed by atoms with Crippen LogP contribution in [0.4, 0.5) is 0 Å². The zero-order valence-corrected chi connectivity index (χ0v) is 13.9. The Kier molecular flexibility index (Phi) is 5.58. The first kappa shape index (κ1) is 15.9.